The second-order valence-corrected chi connectivity index (χ2v) is 10.3. The molecule has 9 heteroatoms. The third-order valence-corrected chi connectivity index (χ3v) is 7.68. The number of nitrogens with zero attached hydrogens (tertiary/aromatic N) is 2. The zero-order valence-corrected chi connectivity index (χ0v) is 20.8. The lowest BCUT2D eigenvalue weighted by molar-refractivity contribution is -0.133. The minimum atomic E-state index is -3.68. The monoisotopic (exact) mass is 488 g/mol. The van der Waals surface area contributed by atoms with Crippen LogP contribution in [0.4, 0.5) is 0 Å². The highest BCUT2D eigenvalue weighted by molar-refractivity contribution is 7.89. The summed E-state index contributed by atoms with van der Waals surface area (Å²) in [6, 6.07) is 11.9. The number of hydrogen-bond donors (Lipinski definition) is 0. The summed E-state index contributed by atoms with van der Waals surface area (Å²) in [6.45, 7) is 5.06. The molecule has 8 nitrogen and oxygen atoms in total. The van der Waals surface area contributed by atoms with E-state index in [-0.39, 0.29) is 16.4 Å². The molecular formula is C25H32N2O6S. The van der Waals surface area contributed by atoms with E-state index in [1.165, 1.54) is 21.3 Å². The first-order valence-electron chi connectivity index (χ1n) is 11.5. The normalized spacial score (nSPS) is 14.4. The van der Waals surface area contributed by atoms with Gasteiger partial charge in [-0.05, 0) is 62.1 Å². The first-order valence-corrected chi connectivity index (χ1v) is 12.9. The Morgan fingerprint density at radius 1 is 1.03 bits per heavy atom. The van der Waals surface area contributed by atoms with Crippen molar-refractivity contribution in [2.24, 2.45) is 0 Å². The lowest BCUT2D eigenvalue weighted by atomic mass is 10.1. The van der Waals surface area contributed by atoms with Crippen LogP contribution < -0.4 is 4.74 Å². The standard InChI is InChI=1S/C25H32N2O6S/c1-4-32-21-11-9-20(10-12-21)17-26(3)24(28)18-33-25(29)23-16-22(13-8-19(23)2)34(30,31)27-14-6-5-7-15-27/h8-13,16H,4-7,14-15,17-18H2,1-3H3. The fourth-order valence-electron chi connectivity index (χ4n) is 3.77. The van der Waals surface area contributed by atoms with Crippen molar-refractivity contribution in [2.45, 2.75) is 44.6 Å². The van der Waals surface area contributed by atoms with Crippen molar-refractivity contribution in [1.29, 1.82) is 0 Å². The molecule has 34 heavy (non-hydrogen) atoms. The Labute approximate surface area is 201 Å². The molecule has 1 aliphatic heterocycles. The summed E-state index contributed by atoms with van der Waals surface area (Å²) < 4.78 is 38.0. The maximum atomic E-state index is 13.0. The van der Waals surface area contributed by atoms with Gasteiger partial charge in [0.1, 0.15) is 5.75 Å². The summed E-state index contributed by atoms with van der Waals surface area (Å²) in [5, 5.41) is 0. The van der Waals surface area contributed by atoms with Gasteiger partial charge in [-0.2, -0.15) is 4.31 Å². The molecule has 184 valence electrons. The van der Waals surface area contributed by atoms with Crippen LogP contribution in [0.15, 0.2) is 47.4 Å². The number of amides is 1. The number of rotatable bonds is 9. The first kappa shape index (κ1) is 25.7. The van der Waals surface area contributed by atoms with Crippen molar-refractivity contribution < 1.29 is 27.5 Å². The van der Waals surface area contributed by atoms with Crippen LogP contribution in [-0.4, -0.2) is 62.9 Å². The van der Waals surface area contributed by atoms with E-state index in [0.29, 0.717) is 31.8 Å². The molecule has 0 bridgehead atoms. The van der Waals surface area contributed by atoms with Gasteiger partial charge in [-0.15, -0.1) is 0 Å². The number of sulfonamides is 1. The van der Waals surface area contributed by atoms with Crippen LogP contribution in [0.25, 0.3) is 0 Å². The molecule has 1 amide bonds. The Balaban J connectivity index is 1.61. The van der Waals surface area contributed by atoms with Crippen molar-refractivity contribution >= 4 is 21.9 Å². The minimum Gasteiger partial charge on any atom is -0.494 e. The number of carbonyl (C=O) groups excluding carboxylic acids is 2. The van der Waals surface area contributed by atoms with Crippen molar-refractivity contribution in [1.82, 2.24) is 9.21 Å². The molecular weight excluding hydrogens is 456 g/mol. The van der Waals surface area contributed by atoms with Gasteiger partial charge in [0.2, 0.25) is 10.0 Å². The lowest BCUT2D eigenvalue weighted by Crippen LogP contribution is -2.35. The maximum absolute atomic E-state index is 13.0. The Hall–Kier alpha value is -2.91. The van der Waals surface area contributed by atoms with Gasteiger partial charge in [0.15, 0.2) is 6.61 Å². The Morgan fingerprint density at radius 3 is 2.35 bits per heavy atom. The third kappa shape index (κ3) is 6.36. The molecule has 1 aliphatic rings. The zero-order valence-electron chi connectivity index (χ0n) is 20.0. The molecule has 1 heterocycles. The molecule has 0 aliphatic carbocycles. The average Bonchev–Trinajstić information content (AvgIpc) is 2.84. The summed E-state index contributed by atoms with van der Waals surface area (Å²) in [6.07, 6.45) is 2.66. The molecule has 2 aromatic carbocycles. The predicted octanol–water partition coefficient (Wildman–Crippen LogP) is 3.38. The van der Waals surface area contributed by atoms with Gasteiger partial charge in [0.05, 0.1) is 17.1 Å². The van der Waals surface area contributed by atoms with Gasteiger partial charge in [-0.25, -0.2) is 13.2 Å². The van der Waals surface area contributed by atoms with E-state index in [9.17, 15) is 18.0 Å². The zero-order chi connectivity index (χ0) is 24.7. The number of likely N-dealkylation sites (N-methyl/N-ethyl adjacent to an activating group) is 1. The van der Waals surface area contributed by atoms with Gasteiger partial charge >= 0.3 is 5.97 Å². The highest BCUT2D eigenvalue weighted by Gasteiger charge is 2.27. The first-order chi connectivity index (χ1) is 16.2. The molecule has 0 saturated carbocycles. The summed E-state index contributed by atoms with van der Waals surface area (Å²) in [4.78, 5) is 26.7. The Bertz CT molecular complexity index is 1110. The average molecular weight is 489 g/mol. The van der Waals surface area contributed by atoms with Gasteiger partial charge in [-0.1, -0.05) is 24.6 Å². The summed E-state index contributed by atoms with van der Waals surface area (Å²) >= 11 is 0. The topological polar surface area (TPSA) is 93.2 Å². The van der Waals surface area contributed by atoms with Crippen LogP contribution in [0, 0.1) is 6.92 Å². The van der Waals surface area contributed by atoms with Gasteiger partial charge in [0, 0.05) is 26.7 Å². The molecule has 0 unspecified atom stereocenters. The summed E-state index contributed by atoms with van der Waals surface area (Å²) in [5.74, 6) is -0.331. The van der Waals surface area contributed by atoms with E-state index >= 15 is 0 Å². The summed E-state index contributed by atoms with van der Waals surface area (Å²) in [7, 11) is -2.05. The van der Waals surface area contributed by atoms with E-state index in [1.807, 2.05) is 31.2 Å². The third-order valence-electron chi connectivity index (χ3n) is 5.79. The van der Waals surface area contributed by atoms with Crippen LogP contribution in [0.5, 0.6) is 5.75 Å². The van der Waals surface area contributed by atoms with Gasteiger partial charge in [0.25, 0.3) is 5.91 Å². The molecule has 0 radical (unpaired) electrons. The number of benzene rings is 2. The summed E-state index contributed by atoms with van der Waals surface area (Å²) in [5.41, 5.74) is 1.63. The lowest BCUT2D eigenvalue weighted by Gasteiger charge is -2.26. The number of ether oxygens (including phenoxy) is 2. The number of hydrogen-bond acceptors (Lipinski definition) is 6. The Kier molecular flexibility index (Phi) is 8.68. The van der Waals surface area contributed by atoms with Crippen LogP contribution in [-0.2, 0) is 26.1 Å². The van der Waals surface area contributed by atoms with Gasteiger partial charge < -0.3 is 14.4 Å². The van der Waals surface area contributed by atoms with Crippen LogP contribution >= 0.6 is 0 Å². The number of aryl methyl sites for hydroxylation is 1. The fourth-order valence-corrected chi connectivity index (χ4v) is 5.31. The molecule has 1 fully saturated rings. The smallest absolute Gasteiger partial charge is 0.338 e. The minimum absolute atomic E-state index is 0.0610. The number of esters is 1. The second-order valence-electron chi connectivity index (χ2n) is 8.34. The molecule has 1 saturated heterocycles. The molecule has 0 N–H and O–H groups in total. The van der Waals surface area contributed by atoms with E-state index in [0.717, 1.165) is 30.6 Å². The maximum Gasteiger partial charge on any atom is 0.338 e. The van der Waals surface area contributed by atoms with Crippen LogP contribution in [0.1, 0.15) is 47.7 Å². The largest absolute Gasteiger partial charge is 0.494 e. The molecule has 0 spiro atoms. The second kappa shape index (κ2) is 11.5. The van der Waals surface area contributed by atoms with Crippen LogP contribution in [0.2, 0.25) is 0 Å². The predicted molar refractivity (Wildman–Crippen MR) is 128 cm³/mol. The van der Waals surface area contributed by atoms with E-state index < -0.39 is 22.6 Å². The SMILES string of the molecule is CCOc1ccc(CN(C)C(=O)COC(=O)c2cc(S(=O)(=O)N3CCCCC3)ccc2C)cc1. The molecule has 0 atom stereocenters. The highest BCUT2D eigenvalue weighted by atomic mass is 32.2. The van der Waals surface area contributed by atoms with E-state index in [2.05, 4.69) is 0 Å². The molecule has 3 rings (SSSR count). The van der Waals surface area contributed by atoms with Crippen molar-refractivity contribution in [3.63, 3.8) is 0 Å². The quantitative estimate of drug-likeness (QED) is 0.503. The Morgan fingerprint density at radius 2 is 1.71 bits per heavy atom. The van der Waals surface area contributed by atoms with Crippen molar-refractivity contribution in [3.8, 4) is 5.75 Å². The van der Waals surface area contributed by atoms with Crippen LogP contribution in [0.3, 0.4) is 0 Å². The van der Waals surface area contributed by atoms with Gasteiger partial charge in [-0.3, -0.25) is 4.79 Å². The number of piperidine rings is 1. The van der Waals surface area contributed by atoms with Crippen molar-refractivity contribution in [3.05, 3.63) is 59.2 Å². The van der Waals surface area contributed by atoms with E-state index in [4.69, 9.17) is 9.47 Å². The molecule has 0 aromatic heterocycles. The van der Waals surface area contributed by atoms with E-state index in [1.54, 1.807) is 20.0 Å². The highest BCUT2D eigenvalue weighted by Crippen LogP contribution is 2.23. The number of carbonyl (C=O) groups is 2. The van der Waals surface area contributed by atoms with Crippen molar-refractivity contribution in [2.75, 3.05) is 33.4 Å². The molecule has 2 aromatic rings. The fraction of sp³-hybridized carbons (Fsp3) is 0.440.